The highest BCUT2D eigenvalue weighted by Crippen LogP contribution is 2.34. The number of ether oxygens (including phenoxy) is 2. The maximum Gasteiger partial charge on any atom is 0.196 e. The number of nitrogen functional groups attached to an aromatic ring is 1. The van der Waals surface area contributed by atoms with Crippen LogP contribution in [0.3, 0.4) is 0 Å². The van der Waals surface area contributed by atoms with Gasteiger partial charge in [-0.25, -0.2) is 0 Å². The molecule has 0 heterocycles. The van der Waals surface area contributed by atoms with Gasteiger partial charge in [-0.2, -0.15) is 0 Å². The van der Waals surface area contributed by atoms with Crippen LogP contribution in [0.25, 0.3) is 0 Å². The van der Waals surface area contributed by atoms with Crippen LogP contribution in [-0.2, 0) is 15.9 Å². The quantitative estimate of drug-likeness (QED) is 0.641. The minimum atomic E-state index is -0.764. The third-order valence-corrected chi connectivity index (χ3v) is 3.46. The number of rotatable bonds is 4. The van der Waals surface area contributed by atoms with Crippen molar-refractivity contribution in [1.29, 1.82) is 0 Å². The number of allylic oxidation sites excluding steroid dienone is 2. The van der Waals surface area contributed by atoms with E-state index < -0.39 is 5.79 Å². The fraction of sp³-hybridized carbons (Fsp3) is 0.333. The first-order valence-corrected chi connectivity index (χ1v) is 6.20. The van der Waals surface area contributed by atoms with Gasteiger partial charge in [0.25, 0.3) is 0 Å². The Hall–Kier alpha value is -1.78. The molecule has 0 fully saturated rings. The molecular formula is C15H20N2O2. The summed E-state index contributed by atoms with van der Waals surface area (Å²) in [7, 11) is 3.28. The summed E-state index contributed by atoms with van der Waals surface area (Å²) in [5.74, 6) is -0.764. The Morgan fingerprint density at radius 1 is 1.05 bits per heavy atom. The summed E-state index contributed by atoms with van der Waals surface area (Å²) in [4.78, 5) is 0. The summed E-state index contributed by atoms with van der Waals surface area (Å²) in [5, 5.41) is 0. The highest BCUT2D eigenvalue weighted by molar-refractivity contribution is 5.41. The Kier molecular flexibility index (Phi) is 3.93. The van der Waals surface area contributed by atoms with Crippen LogP contribution >= 0.6 is 0 Å². The van der Waals surface area contributed by atoms with Gasteiger partial charge in [0.2, 0.25) is 0 Å². The number of hydrogen-bond acceptors (Lipinski definition) is 4. The molecule has 1 aliphatic rings. The molecule has 0 bridgehead atoms. The van der Waals surface area contributed by atoms with Crippen molar-refractivity contribution in [2.24, 2.45) is 5.73 Å². The summed E-state index contributed by atoms with van der Waals surface area (Å²) in [6, 6.07) is 7.80. The summed E-state index contributed by atoms with van der Waals surface area (Å²) < 4.78 is 11.1. The molecule has 4 heteroatoms. The van der Waals surface area contributed by atoms with Crippen LogP contribution in [0.15, 0.2) is 47.7 Å². The Labute approximate surface area is 113 Å². The topological polar surface area (TPSA) is 70.5 Å². The second kappa shape index (κ2) is 5.47. The molecule has 0 atom stereocenters. The summed E-state index contributed by atoms with van der Waals surface area (Å²) in [6.45, 7) is 0. The lowest BCUT2D eigenvalue weighted by atomic mass is 9.90. The van der Waals surface area contributed by atoms with E-state index in [4.69, 9.17) is 20.9 Å². The van der Waals surface area contributed by atoms with Crippen molar-refractivity contribution < 1.29 is 9.47 Å². The molecule has 0 spiro atoms. The number of benzene rings is 1. The van der Waals surface area contributed by atoms with Crippen LogP contribution in [0.2, 0.25) is 0 Å². The monoisotopic (exact) mass is 260 g/mol. The summed E-state index contributed by atoms with van der Waals surface area (Å²) >= 11 is 0. The number of nitrogens with two attached hydrogens (primary N) is 2. The van der Waals surface area contributed by atoms with Crippen molar-refractivity contribution in [3.05, 3.63) is 53.3 Å². The van der Waals surface area contributed by atoms with E-state index in [9.17, 15) is 0 Å². The lowest BCUT2D eigenvalue weighted by Crippen LogP contribution is -2.40. The highest BCUT2D eigenvalue weighted by atomic mass is 16.7. The largest absolute Gasteiger partial charge is 0.402 e. The predicted molar refractivity (Wildman–Crippen MR) is 76.3 cm³/mol. The van der Waals surface area contributed by atoms with E-state index >= 15 is 0 Å². The summed E-state index contributed by atoms with van der Waals surface area (Å²) in [5.41, 5.74) is 15.3. The molecular weight excluding hydrogens is 240 g/mol. The van der Waals surface area contributed by atoms with E-state index in [1.54, 1.807) is 14.2 Å². The molecule has 0 unspecified atom stereocenters. The minimum Gasteiger partial charge on any atom is -0.402 e. The Balaban J connectivity index is 2.27. The van der Waals surface area contributed by atoms with E-state index in [1.165, 1.54) is 0 Å². The molecule has 4 N–H and O–H groups in total. The average Bonchev–Trinajstić information content (AvgIpc) is 2.43. The lowest BCUT2D eigenvalue weighted by Gasteiger charge is -2.35. The maximum absolute atomic E-state index is 5.88. The molecule has 0 aromatic heterocycles. The molecule has 19 heavy (non-hydrogen) atoms. The molecule has 1 aromatic carbocycles. The normalized spacial score (nSPS) is 17.8. The van der Waals surface area contributed by atoms with Crippen molar-refractivity contribution >= 4 is 5.69 Å². The molecule has 0 aliphatic heterocycles. The lowest BCUT2D eigenvalue weighted by molar-refractivity contribution is -0.179. The van der Waals surface area contributed by atoms with Crippen LogP contribution in [-0.4, -0.2) is 20.0 Å². The predicted octanol–water partition coefficient (Wildman–Crippen LogP) is 1.97. The SMILES string of the molecule is COC1(OC)CC(N)=CC=C1Cc1ccc(N)cc1. The van der Waals surface area contributed by atoms with Gasteiger partial charge in [0, 0.05) is 32.0 Å². The molecule has 4 nitrogen and oxygen atoms in total. The van der Waals surface area contributed by atoms with Gasteiger partial charge in [0.15, 0.2) is 5.79 Å². The zero-order valence-electron chi connectivity index (χ0n) is 11.3. The van der Waals surface area contributed by atoms with Gasteiger partial charge in [-0.3, -0.25) is 0 Å². The third kappa shape index (κ3) is 2.80. The summed E-state index contributed by atoms with van der Waals surface area (Å²) in [6.07, 6.45) is 5.16. The van der Waals surface area contributed by atoms with Gasteiger partial charge >= 0.3 is 0 Å². The van der Waals surface area contributed by atoms with Gasteiger partial charge in [-0.15, -0.1) is 0 Å². The average molecular weight is 260 g/mol. The number of anilines is 1. The fourth-order valence-electron chi connectivity index (χ4n) is 2.31. The molecule has 0 amide bonds. The Morgan fingerprint density at radius 2 is 1.68 bits per heavy atom. The van der Waals surface area contributed by atoms with Gasteiger partial charge in [-0.1, -0.05) is 18.2 Å². The van der Waals surface area contributed by atoms with Gasteiger partial charge in [0.1, 0.15) is 0 Å². The van der Waals surface area contributed by atoms with Gasteiger partial charge in [-0.05, 0) is 35.8 Å². The van der Waals surface area contributed by atoms with E-state index in [1.807, 2.05) is 36.4 Å². The van der Waals surface area contributed by atoms with Crippen LogP contribution in [0.5, 0.6) is 0 Å². The third-order valence-electron chi connectivity index (χ3n) is 3.46. The standard InChI is InChI=1S/C15H20N2O2/c1-18-15(19-2)10-14(17)8-5-12(15)9-11-3-6-13(16)7-4-11/h3-8H,9-10,16-17H2,1-2H3. The maximum atomic E-state index is 5.88. The zero-order chi connectivity index (χ0) is 13.9. The Morgan fingerprint density at radius 3 is 2.26 bits per heavy atom. The van der Waals surface area contributed by atoms with E-state index in [2.05, 4.69) is 0 Å². The highest BCUT2D eigenvalue weighted by Gasteiger charge is 2.36. The molecule has 0 saturated heterocycles. The van der Waals surface area contributed by atoms with Gasteiger partial charge in [0.05, 0.1) is 0 Å². The second-order valence-corrected chi connectivity index (χ2v) is 4.69. The zero-order valence-corrected chi connectivity index (χ0v) is 11.3. The van der Waals surface area contributed by atoms with Gasteiger partial charge < -0.3 is 20.9 Å². The van der Waals surface area contributed by atoms with Crippen molar-refractivity contribution in [3.8, 4) is 0 Å². The first kappa shape index (κ1) is 13.6. The van der Waals surface area contributed by atoms with Crippen LogP contribution in [0, 0.1) is 0 Å². The van der Waals surface area contributed by atoms with Crippen molar-refractivity contribution in [2.75, 3.05) is 20.0 Å². The molecule has 2 rings (SSSR count). The van der Waals surface area contributed by atoms with Crippen LogP contribution in [0.1, 0.15) is 12.0 Å². The van der Waals surface area contributed by atoms with Crippen molar-refractivity contribution in [3.63, 3.8) is 0 Å². The van der Waals surface area contributed by atoms with E-state index in [0.717, 1.165) is 28.9 Å². The molecule has 0 radical (unpaired) electrons. The van der Waals surface area contributed by atoms with Crippen LogP contribution in [0.4, 0.5) is 5.69 Å². The smallest absolute Gasteiger partial charge is 0.196 e. The second-order valence-electron chi connectivity index (χ2n) is 4.69. The number of hydrogen-bond donors (Lipinski definition) is 2. The van der Waals surface area contributed by atoms with Crippen molar-refractivity contribution in [1.82, 2.24) is 0 Å². The van der Waals surface area contributed by atoms with Crippen molar-refractivity contribution in [2.45, 2.75) is 18.6 Å². The molecule has 1 aliphatic carbocycles. The molecule has 1 aromatic rings. The number of methoxy groups -OCH3 is 2. The van der Waals surface area contributed by atoms with E-state index in [-0.39, 0.29) is 0 Å². The molecule has 0 saturated carbocycles. The molecule has 102 valence electrons. The van der Waals surface area contributed by atoms with Crippen LogP contribution < -0.4 is 11.5 Å². The first-order valence-electron chi connectivity index (χ1n) is 6.20. The minimum absolute atomic E-state index is 0.542. The fourth-order valence-corrected chi connectivity index (χ4v) is 2.31. The Bertz CT molecular complexity index is 499. The first-order chi connectivity index (χ1) is 9.09. The van der Waals surface area contributed by atoms with E-state index in [0.29, 0.717) is 6.42 Å².